The number of hydrogen-bond donors (Lipinski definition) is 2. The van der Waals surface area contributed by atoms with E-state index in [-0.39, 0.29) is 51.5 Å². The monoisotopic (exact) mass is 509 g/mol. The van der Waals surface area contributed by atoms with Gasteiger partial charge in [-0.1, -0.05) is 24.6 Å². The molecule has 0 amide bonds. The minimum atomic E-state index is -4.39. The molecular formula is C22H21ClFN3O6S. The molecule has 0 saturated carbocycles. The van der Waals surface area contributed by atoms with E-state index in [4.69, 9.17) is 20.8 Å². The number of H-pyrrole nitrogens is 1. The average molecular weight is 510 g/mol. The molecule has 180 valence electrons. The number of ether oxygens (including phenoxy) is 1. The summed E-state index contributed by atoms with van der Waals surface area (Å²) in [4.78, 5) is 23.7. The number of carbonyl (C=O) groups is 1. The minimum Gasteiger partial charge on any atom is -0.491 e. The van der Waals surface area contributed by atoms with Crippen LogP contribution in [0.25, 0.3) is 0 Å². The third-order valence-corrected chi connectivity index (χ3v) is 7.68. The second-order valence-corrected chi connectivity index (χ2v) is 10.1. The van der Waals surface area contributed by atoms with Crippen molar-refractivity contribution in [2.45, 2.75) is 44.0 Å². The van der Waals surface area contributed by atoms with Gasteiger partial charge in [0.25, 0.3) is 0 Å². The molecule has 2 unspecified atom stereocenters. The molecule has 0 bridgehead atoms. The number of benzene rings is 2. The first-order valence-electron chi connectivity index (χ1n) is 10.3. The van der Waals surface area contributed by atoms with Gasteiger partial charge in [-0.3, -0.25) is 4.79 Å². The molecule has 0 saturated heterocycles. The predicted molar refractivity (Wildman–Crippen MR) is 120 cm³/mol. The Morgan fingerprint density at radius 3 is 2.62 bits per heavy atom. The summed E-state index contributed by atoms with van der Waals surface area (Å²) in [5.74, 6) is -3.07. The Labute approximate surface area is 199 Å². The van der Waals surface area contributed by atoms with Crippen molar-refractivity contribution in [2.24, 2.45) is 0 Å². The van der Waals surface area contributed by atoms with E-state index in [1.54, 1.807) is 26.8 Å². The van der Waals surface area contributed by atoms with Crippen molar-refractivity contribution in [1.82, 2.24) is 14.9 Å². The number of sulfonamides is 1. The molecule has 2 atom stereocenters. The molecule has 0 spiro atoms. The minimum absolute atomic E-state index is 0.00351. The van der Waals surface area contributed by atoms with Gasteiger partial charge in [-0.2, -0.15) is 4.72 Å². The average Bonchev–Trinajstić information content (AvgIpc) is 3.21. The third kappa shape index (κ3) is 4.26. The zero-order valence-corrected chi connectivity index (χ0v) is 20.0. The van der Waals surface area contributed by atoms with E-state index in [2.05, 4.69) is 14.9 Å². The van der Waals surface area contributed by atoms with Crippen molar-refractivity contribution in [1.29, 1.82) is 0 Å². The third-order valence-electron chi connectivity index (χ3n) is 5.91. The van der Waals surface area contributed by atoms with E-state index < -0.39 is 33.6 Å². The number of rotatable bonds is 6. The largest absolute Gasteiger partial charge is 0.491 e. The standard InChI is InChI=1S/C22H21ClFN3O6S/c1-10-4-6-14(24)17(11(10)2)12(3)19(21-25-26-22(29)33-21)27-34(30,31)16-7-5-13(23)18-15(28)8-9-32-20(16)18/h4-7,12,19,27H,8-9H2,1-3H3,(H,26,29). The van der Waals surface area contributed by atoms with E-state index in [1.807, 2.05) is 0 Å². The van der Waals surface area contributed by atoms with Crippen molar-refractivity contribution in [2.75, 3.05) is 6.61 Å². The Morgan fingerprint density at radius 2 is 1.94 bits per heavy atom. The van der Waals surface area contributed by atoms with Gasteiger partial charge in [0.15, 0.2) is 11.5 Å². The van der Waals surface area contributed by atoms with Gasteiger partial charge in [0.2, 0.25) is 15.9 Å². The van der Waals surface area contributed by atoms with E-state index in [9.17, 15) is 22.4 Å². The summed E-state index contributed by atoms with van der Waals surface area (Å²) in [7, 11) is -4.39. The molecule has 0 fully saturated rings. The first-order chi connectivity index (χ1) is 16.0. The van der Waals surface area contributed by atoms with Crippen molar-refractivity contribution in [3.63, 3.8) is 0 Å². The molecule has 0 radical (unpaired) electrons. The van der Waals surface area contributed by atoms with Gasteiger partial charge >= 0.3 is 5.76 Å². The van der Waals surface area contributed by atoms with Gasteiger partial charge in [-0.25, -0.2) is 22.7 Å². The van der Waals surface area contributed by atoms with Crippen LogP contribution in [0.1, 0.15) is 58.2 Å². The zero-order chi connectivity index (χ0) is 24.8. The summed E-state index contributed by atoms with van der Waals surface area (Å²) in [6, 6.07) is 4.13. The molecule has 4 rings (SSSR count). The lowest BCUT2D eigenvalue weighted by atomic mass is 9.88. The zero-order valence-electron chi connectivity index (χ0n) is 18.4. The van der Waals surface area contributed by atoms with E-state index in [0.29, 0.717) is 5.56 Å². The second kappa shape index (κ2) is 8.97. The molecule has 34 heavy (non-hydrogen) atoms. The van der Waals surface area contributed by atoms with Gasteiger partial charge < -0.3 is 9.15 Å². The lowest BCUT2D eigenvalue weighted by Gasteiger charge is -2.26. The number of aromatic nitrogens is 2. The molecular weight excluding hydrogens is 489 g/mol. The number of aromatic amines is 1. The van der Waals surface area contributed by atoms with Crippen LogP contribution >= 0.6 is 11.6 Å². The molecule has 3 aromatic rings. The molecule has 0 aliphatic carbocycles. The van der Waals surface area contributed by atoms with Gasteiger partial charge in [-0.05, 0) is 48.7 Å². The first kappa shape index (κ1) is 24.1. The molecule has 2 aromatic carbocycles. The Bertz CT molecular complexity index is 1450. The van der Waals surface area contributed by atoms with Crippen LogP contribution in [0.15, 0.2) is 38.4 Å². The van der Waals surface area contributed by atoms with Crippen molar-refractivity contribution >= 4 is 27.4 Å². The van der Waals surface area contributed by atoms with Crippen LogP contribution in [0, 0.1) is 19.7 Å². The molecule has 9 nitrogen and oxygen atoms in total. The maximum Gasteiger partial charge on any atom is 0.434 e. The number of nitrogens with one attached hydrogen (secondary N) is 2. The molecule has 12 heteroatoms. The van der Waals surface area contributed by atoms with Crippen LogP contribution in [-0.4, -0.2) is 31.0 Å². The highest BCUT2D eigenvalue weighted by atomic mass is 35.5. The molecule has 1 aliphatic heterocycles. The number of carbonyl (C=O) groups excluding carboxylic acids is 1. The summed E-state index contributed by atoms with van der Waals surface area (Å²) < 4.78 is 54.8. The van der Waals surface area contributed by atoms with Crippen molar-refractivity contribution < 1.29 is 26.8 Å². The van der Waals surface area contributed by atoms with Gasteiger partial charge in [0.1, 0.15) is 16.8 Å². The Balaban J connectivity index is 1.83. The quantitative estimate of drug-likeness (QED) is 0.519. The second-order valence-electron chi connectivity index (χ2n) is 8.01. The highest BCUT2D eigenvalue weighted by Crippen LogP contribution is 2.39. The Morgan fingerprint density at radius 1 is 1.21 bits per heavy atom. The number of halogens is 2. The fourth-order valence-corrected chi connectivity index (χ4v) is 5.70. The predicted octanol–water partition coefficient (Wildman–Crippen LogP) is 3.56. The normalized spacial score (nSPS) is 15.5. The van der Waals surface area contributed by atoms with Crippen LogP contribution in [0.5, 0.6) is 5.75 Å². The topological polar surface area (TPSA) is 131 Å². The van der Waals surface area contributed by atoms with E-state index in [1.165, 1.54) is 18.2 Å². The molecule has 2 N–H and O–H groups in total. The molecule has 2 heterocycles. The number of nitrogens with zero attached hydrogens (tertiary/aromatic N) is 1. The van der Waals surface area contributed by atoms with Crippen LogP contribution in [-0.2, 0) is 10.0 Å². The molecule has 1 aromatic heterocycles. The number of hydrogen-bond acceptors (Lipinski definition) is 7. The number of fused-ring (bicyclic) bond motifs is 1. The summed E-state index contributed by atoms with van der Waals surface area (Å²) in [5, 5.41) is 5.94. The highest BCUT2D eigenvalue weighted by Gasteiger charge is 2.36. The van der Waals surface area contributed by atoms with Gasteiger partial charge in [0, 0.05) is 12.3 Å². The van der Waals surface area contributed by atoms with Crippen LogP contribution < -0.4 is 15.2 Å². The Hall–Kier alpha value is -3.02. The van der Waals surface area contributed by atoms with Crippen LogP contribution in [0.2, 0.25) is 5.02 Å². The molecule has 1 aliphatic rings. The van der Waals surface area contributed by atoms with Crippen molar-refractivity contribution in [3.05, 3.63) is 73.8 Å². The maximum absolute atomic E-state index is 14.9. The lowest BCUT2D eigenvalue weighted by Crippen LogP contribution is -2.33. The fraction of sp³-hybridized carbons (Fsp3) is 0.318. The summed E-state index contributed by atoms with van der Waals surface area (Å²) in [5.41, 5.74) is 1.63. The van der Waals surface area contributed by atoms with E-state index in [0.717, 1.165) is 5.56 Å². The maximum atomic E-state index is 14.9. The first-order valence-corrected chi connectivity index (χ1v) is 12.2. The number of Topliss-reactive ketones (excluding diaryl/α,β-unsaturated/α-hetero) is 1. The summed E-state index contributed by atoms with van der Waals surface area (Å²) >= 11 is 6.12. The lowest BCUT2D eigenvalue weighted by molar-refractivity contribution is 0.0931. The number of ketones is 1. The van der Waals surface area contributed by atoms with Gasteiger partial charge in [-0.15, -0.1) is 5.10 Å². The number of aryl methyl sites for hydroxylation is 1. The highest BCUT2D eigenvalue weighted by molar-refractivity contribution is 7.89. The van der Waals surface area contributed by atoms with Crippen LogP contribution in [0.3, 0.4) is 0 Å². The summed E-state index contributed by atoms with van der Waals surface area (Å²) in [6.07, 6.45) is 0.0631. The smallest absolute Gasteiger partial charge is 0.434 e. The Kier molecular flexibility index (Phi) is 6.36. The van der Waals surface area contributed by atoms with Crippen LogP contribution in [0.4, 0.5) is 4.39 Å². The van der Waals surface area contributed by atoms with Gasteiger partial charge in [0.05, 0.1) is 17.2 Å². The van der Waals surface area contributed by atoms with Crippen molar-refractivity contribution in [3.8, 4) is 5.75 Å². The summed E-state index contributed by atoms with van der Waals surface area (Å²) in [6.45, 7) is 5.10. The SMILES string of the molecule is Cc1ccc(F)c(C(C)C(NS(=O)(=O)c2ccc(Cl)c3c2OCCC3=O)c2n[nH]c(=O)o2)c1C. The fourth-order valence-electron chi connectivity index (χ4n) is 4.03. The van der Waals surface area contributed by atoms with E-state index >= 15 is 0 Å².